The van der Waals surface area contributed by atoms with Gasteiger partial charge in [0.25, 0.3) is 0 Å². The third-order valence-electron chi connectivity index (χ3n) is 3.76. The summed E-state index contributed by atoms with van der Waals surface area (Å²) in [6.45, 7) is 3.29. The van der Waals surface area contributed by atoms with E-state index in [1.54, 1.807) is 12.1 Å². The molecule has 1 aliphatic rings. The van der Waals surface area contributed by atoms with Gasteiger partial charge < -0.3 is 10.6 Å². The first kappa shape index (κ1) is 14.0. The molecule has 1 saturated heterocycles. The minimum Gasteiger partial charge on any atom is -0.354 e. The molecule has 1 atom stereocenters. The fourth-order valence-corrected chi connectivity index (χ4v) is 2.46. The number of amides is 1. The lowest BCUT2D eigenvalue weighted by atomic mass is 9.90. The summed E-state index contributed by atoms with van der Waals surface area (Å²) >= 11 is 0. The van der Waals surface area contributed by atoms with Crippen LogP contribution in [0.3, 0.4) is 0 Å². The van der Waals surface area contributed by atoms with E-state index in [4.69, 9.17) is 0 Å². The van der Waals surface area contributed by atoms with Crippen molar-refractivity contribution in [2.45, 2.75) is 38.1 Å². The molecule has 1 aromatic rings. The first-order valence-electron chi connectivity index (χ1n) is 6.88. The summed E-state index contributed by atoms with van der Waals surface area (Å²) < 4.78 is 13.4. The quantitative estimate of drug-likeness (QED) is 0.873. The molecule has 0 radical (unpaired) electrons. The number of carbonyl (C=O) groups is 1. The third kappa shape index (κ3) is 3.53. The van der Waals surface area contributed by atoms with Crippen LogP contribution >= 0.6 is 0 Å². The molecule has 4 heteroatoms. The van der Waals surface area contributed by atoms with E-state index in [0.29, 0.717) is 18.5 Å². The lowest BCUT2D eigenvalue weighted by molar-refractivity contribution is -0.127. The van der Waals surface area contributed by atoms with Gasteiger partial charge in [-0.1, -0.05) is 18.2 Å². The molecule has 2 N–H and O–H groups in total. The molecule has 0 bridgehead atoms. The Bertz CT molecular complexity index is 442. The van der Waals surface area contributed by atoms with Gasteiger partial charge in [-0.15, -0.1) is 0 Å². The molecule has 1 heterocycles. The number of piperidine rings is 1. The summed E-state index contributed by atoms with van der Waals surface area (Å²) in [6, 6.07) is 6.68. The predicted octanol–water partition coefficient (Wildman–Crippen LogP) is 2.02. The van der Waals surface area contributed by atoms with Gasteiger partial charge in [0, 0.05) is 6.54 Å². The lowest BCUT2D eigenvalue weighted by Gasteiger charge is -2.33. The molecule has 2 rings (SSSR count). The van der Waals surface area contributed by atoms with Crippen molar-refractivity contribution < 1.29 is 9.18 Å². The van der Waals surface area contributed by atoms with E-state index in [0.717, 1.165) is 25.8 Å². The fourth-order valence-electron chi connectivity index (χ4n) is 2.46. The number of nitrogens with one attached hydrogen (secondary N) is 2. The molecular formula is C15H21FN2O. The minimum atomic E-state index is -0.465. The Kier molecular flexibility index (Phi) is 4.53. The smallest absolute Gasteiger partial charge is 0.240 e. The second-order valence-electron chi connectivity index (χ2n) is 5.31. The second kappa shape index (κ2) is 6.15. The zero-order valence-electron chi connectivity index (χ0n) is 11.3. The number of hydrogen-bond donors (Lipinski definition) is 2. The summed E-state index contributed by atoms with van der Waals surface area (Å²) in [4.78, 5) is 12.1. The van der Waals surface area contributed by atoms with Crippen molar-refractivity contribution in [2.75, 3.05) is 13.1 Å². The van der Waals surface area contributed by atoms with Crippen LogP contribution in [0.5, 0.6) is 0 Å². The Labute approximate surface area is 113 Å². The van der Waals surface area contributed by atoms with E-state index < -0.39 is 5.54 Å². The molecule has 19 heavy (non-hydrogen) atoms. The van der Waals surface area contributed by atoms with Crippen molar-refractivity contribution in [3.05, 3.63) is 35.6 Å². The summed E-state index contributed by atoms with van der Waals surface area (Å²) in [5.74, 6) is -0.192. The average Bonchev–Trinajstić information content (AvgIpc) is 2.41. The largest absolute Gasteiger partial charge is 0.354 e. The van der Waals surface area contributed by atoms with Gasteiger partial charge in [0.2, 0.25) is 5.91 Å². The topological polar surface area (TPSA) is 41.1 Å². The molecule has 0 aliphatic carbocycles. The molecule has 1 aromatic carbocycles. The standard InChI is InChI=1S/C15H21FN2O/c1-15(9-4-5-10-18-15)14(19)17-11-8-12-6-2-3-7-13(12)16/h2-3,6-7,18H,4-5,8-11H2,1H3,(H,17,19). The van der Waals surface area contributed by atoms with Crippen LogP contribution in [0.4, 0.5) is 4.39 Å². The van der Waals surface area contributed by atoms with E-state index in [1.807, 2.05) is 13.0 Å². The molecule has 1 fully saturated rings. The van der Waals surface area contributed by atoms with Crippen molar-refractivity contribution >= 4 is 5.91 Å². The average molecular weight is 264 g/mol. The van der Waals surface area contributed by atoms with Crippen LogP contribution in [0.2, 0.25) is 0 Å². The highest BCUT2D eigenvalue weighted by Gasteiger charge is 2.33. The summed E-state index contributed by atoms with van der Waals surface area (Å²) in [5.41, 5.74) is 0.178. The Morgan fingerprint density at radius 2 is 2.21 bits per heavy atom. The number of benzene rings is 1. The van der Waals surface area contributed by atoms with Crippen LogP contribution in [0, 0.1) is 5.82 Å². The van der Waals surface area contributed by atoms with Gasteiger partial charge in [-0.25, -0.2) is 4.39 Å². The zero-order valence-corrected chi connectivity index (χ0v) is 11.3. The van der Waals surface area contributed by atoms with Crippen LogP contribution in [0.1, 0.15) is 31.7 Å². The normalized spacial score (nSPS) is 23.1. The fraction of sp³-hybridized carbons (Fsp3) is 0.533. The number of rotatable bonds is 4. The van der Waals surface area contributed by atoms with E-state index >= 15 is 0 Å². The Balaban J connectivity index is 1.82. The molecular weight excluding hydrogens is 243 g/mol. The van der Waals surface area contributed by atoms with Crippen LogP contribution in [-0.2, 0) is 11.2 Å². The monoisotopic (exact) mass is 264 g/mol. The number of carbonyl (C=O) groups excluding carboxylic acids is 1. The highest BCUT2D eigenvalue weighted by atomic mass is 19.1. The molecule has 0 aromatic heterocycles. The van der Waals surface area contributed by atoms with Gasteiger partial charge in [0.05, 0.1) is 5.54 Å². The zero-order chi connectivity index (χ0) is 13.7. The maximum absolute atomic E-state index is 13.4. The van der Waals surface area contributed by atoms with Gasteiger partial charge in [-0.05, 0) is 50.8 Å². The Morgan fingerprint density at radius 1 is 1.42 bits per heavy atom. The second-order valence-corrected chi connectivity index (χ2v) is 5.31. The van der Waals surface area contributed by atoms with Gasteiger partial charge in [-0.3, -0.25) is 4.79 Å². The summed E-state index contributed by atoms with van der Waals surface area (Å²) in [6.07, 6.45) is 3.58. The van der Waals surface area contributed by atoms with Crippen molar-refractivity contribution in [3.8, 4) is 0 Å². The maximum atomic E-state index is 13.4. The lowest BCUT2D eigenvalue weighted by Crippen LogP contribution is -2.57. The van der Waals surface area contributed by atoms with E-state index in [2.05, 4.69) is 10.6 Å². The highest BCUT2D eigenvalue weighted by Crippen LogP contribution is 2.18. The molecule has 0 saturated carbocycles. The molecule has 0 spiro atoms. The van der Waals surface area contributed by atoms with Gasteiger partial charge in [0.15, 0.2) is 0 Å². The van der Waals surface area contributed by atoms with Gasteiger partial charge >= 0.3 is 0 Å². The van der Waals surface area contributed by atoms with Crippen molar-refractivity contribution in [2.24, 2.45) is 0 Å². The number of hydrogen-bond acceptors (Lipinski definition) is 2. The Hall–Kier alpha value is -1.42. The molecule has 1 unspecified atom stereocenters. The first-order valence-corrected chi connectivity index (χ1v) is 6.88. The van der Waals surface area contributed by atoms with E-state index in [-0.39, 0.29) is 11.7 Å². The predicted molar refractivity (Wildman–Crippen MR) is 73.4 cm³/mol. The van der Waals surface area contributed by atoms with Crippen molar-refractivity contribution in [1.82, 2.24) is 10.6 Å². The van der Waals surface area contributed by atoms with Crippen LogP contribution < -0.4 is 10.6 Å². The summed E-state index contributed by atoms with van der Waals surface area (Å²) in [5, 5.41) is 6.17. The summed E-state index contributed by atoms with van der Waals surface area (Å²) in [7, 11) is 0. The maximum Gasteiger partial charge on any atom is 0.240 e. The SMILES string of the molecule is CC1(C(=O)NCCc2ccccc2F)CCCCN1. The van der Waals surface area contributed by atoms with E-state index in [1.165, 1.54) is 6.07 Å². The van der Waals surface area contributed by atoms with Gasteiger partial charge in [-0.2, -0.15) is 0 Å². The number of halogens is 1. The minimum absolute atomic E-state index is 0.0172. The molecule has 104 valence electrons. The van der Waals surface area contributed by atoms with Crippen LogP contribution in [-0.4, -0.2) is 24.5 Å². The first-order chi connectivity index (χ1) is 9.12. The van der Waals surface area contributed by atoms with Crippen LogP contribution in [0.15, 0.2) is 24.3 Å². The Morgan fingerprint density at radius 3 is 2.89 bits per heavy atom. The highest BCUT2D eigenvalue weighted by molar-refractivity contribution is 5.85. The molecule has 3 nitrogen and oxygen atoms in total. The molecule has 1 aliphatic heterocycles. The van der Waals surface area contributed by atoms with Crippen LogP contribution in [0.25, 0.3) is 0 Å². The van der Waals surface area contributed by atoms with Crippen molar-refractivity contribution in [3.63, 3.8) is 0 Å². The van der Waals surface area contributed by atoms with Crippen molar-refractivity contribution in [1.29, 1.82) is 0 Å². The molecule has 1 amide bonds. The van der Waals surface area contributed by atoms with E-state index in [9.17, 15) is 9.18 Å². The van der Waals surface area contributed by atoms with Gasteiger partial charge in [0.1, 0.15) is 5.82 Å². The third-order valence-corrected chi connectivity index (χ3v) is 3.76.